The van der Waals surface area contributed by atoms with Crippen LogP contribution in [0.3, 0.4) is 0 Å². The first-order chi connectivity index (χ1) is 18.5. The lowest BCUT2D eigenvalue weighted by Crippen LogP contribution is -2.52. The van der Waals surface area contributed by atoms with Crippen molar-refractivity contribution in [2.24, 2.45) is 0 Å². The van der Waals surface area contributed by atoms with Crippen molar-refractivity contribution in [3.05, 3.63) is 89.2 Å². The second-order valence-electron chi connectivity index (χ2n) is 10.4. The summed E-state index contributed by atoms with van der Waals surface area (Å²) < 4.78 is 20.0. The summed E-state index contributed by atoms with van der Waals surface area (Å²) >= 11 is 0. The Hall–Kier alpha value is -3.62. The molecule has 4 unspecified atom stereocenters. The third-order valence-electron chi connectivity index (χ3n) is 8.27. The van der Waals surface area contributed by atoms with Gasteiger partial charge in [-0.1, -0.05) is 36.4 Å². The Kier molecular flexibility index (Phi) is 6.68. The van der Waals surface area contributed by atoms with E-state index in [2.05, 4.69) is 38.6 Å². The highest BCUT2D eigenvalue weighted by Gasteiger charge is 2.45. The average molecular weight is 517 g/mol. The van der Waals surface area contributed by atoms with E-state index in [9.17, 15) is 14.3 Å². The van der Waals surface area contributed by atoms with Gasteiger partial charge in [0, 0.05) is 49.9 Å². The number of anilines is 2. The third kappa shape index (κ3) is 4.59. The molecule has 0 aliphatic carbocycles. The Morgan fingerprint density at radius 3 is 2.58 bits per heavy atom. The lowest BCUT2D eigenvalue weighted by Gasteiger charge is -2.39. The van der Waals surface area contributed by atoms with E-state index < -0.39 is 12.0 Å². The van der Waals surface area contributed by atoms with Crippen molar-refractivity contribution in [1.29, 1.82) is 0 Å². The first kappa shape index (κ1) is 24.7. The highest BCUT2D eigenvalue weighted by atomic mass is 19.1. The van der Waals surface area contributed by atoms with Crippen molar-refractivity contribution >= 4 is 17.3 Å². The van der Waals surface area contributed by atoms with Gasteiger partial charge < -0.3 is 20.1 Å². The molecule has 3 N–H and O–H groups in total. The summed E-state index contributed by atoms with van der Waals surface area (Å²) in [6, 6.07) is 20.6. The monoisotopic (exact) mass is 516 g/mol. The number of carboxylic acid groups (broad SMARTS) is 1. The van der Waals surface area contributed by atoms with Gasteiger partial charge in [0.15, 0.2) is 0 Å². The molecular weight excluding hydrogens is 483 g/mol. The van der Waals surface area contributed by atoms with Gasteiger partial charge in [-0.2, -0.15) is 0 Å². The van der Waals surface area contributed by atoms with Crippen LogP contribution in [0.25, 0.3) is 0 Å². The predicted molar refractivity (Wildman–Crippen MR) is 145 cm³/mol. The molecule has 38 heavy (non-hydrogen) atoms. The summed E-state index contributed by atoms with van der Waals surface area (Å²) in [6.07, 6.45) is 0.551. The van der Waals surface area contributed by atoms with Crippen LogP contribution in [0.5, 0.6) is 5.75 Å². The van der Waals surface area contributed by atoms with Crippen molar-refractivity contribution in [2.45, 2.75) is 37.0 Å². The number of hydrogen-bond donors (Lipinski definition) is 3. The molecule has 198 valence electrons. The van der Waals surface area contributed by atoms with E-state index in [-0.39, 0.29) is 23.8 Å². The maximum Gasteiger partial charge on any atom is 0.320 e. The number of carbonyl (C=O) groups is 1. The van der Waals surface area contributed by atoms with Crippen LogP contribution in [-0.4, -0.2) is 61.3 Å². The zero-order valence-electron chi connectivity index (χ0n) is 21.4. The number of fused-ring (bicyclic) bond motifs is 3. The molecule has 3 heterocycles. The van der Waals surface area contributed by atoms with Gasteiger partial charge in [0.05, 0.1) is 24.9 Å². The minimum Gasteiger partial charge on any atom is -0.496 e. The molecule has 3 aromatic carbocycles. The summed E-state index contributed by atoms with van der Waals surface area (Å²) in [6.45, 7) is 3.83. The van der Waals surface area contributed by atoms with Gasteiger partial charge in [-0.05, 0) is 47.9 Å². The number of rotatable bonds is 6. The summed E-state index contributed by atoms with van der Waals surface area (Å²) in [4.78, 5) is 16.5. The molecule has 4 atom stereocenters. The number of methoxy groups -OCH3 is 1. The van der Waals surface area contributed by atoms with E-state index in [4.69, 9.17) is 4.74 Å². The number of halogens is 1. The van der Waals surface area contributed by atoms with Crippen molar-refractivity contribution in [2.75, 3.05) is 43.5 Å². The largest absolute Gasteiger partial charge is 0.496 e. The number of aliphatic carboxylic acids is 1. The quantitative estimate of drug-likeness (QED) is 0.453. The molecule has 2 fully saturated rings. The van der Waals surface area contributed by atoms with Gasteiger partial charge in [-0.3, -0.25) is 15.0 Å². The Labute approximate surface area is 222 Å². The predicted octanol–water partition coefficient (Wildman–Crippen LogP) is 4.22. The van der Waals surface area contributed by atoms with Crippen molar-refractivity contribution in [3.8, 4) is 5.75 Å². The number of nitrogens with zero attached hydrogens (tertiary/aromatic N) is 2. The molecule has 0 aromatic heterocycles. The second kappa shape index (κ2) is 10.3. The molecule has 2 saturated heterocycles. The van der Waals surface area contributed by atoms with Gasteiger partial charge >= 0.3 is 5.97 Å². The van der Waals surface area contributed by atoms with Crippen molar-refractivity contribution in [3.63, 3.8) is 0 Å². The molecule has 3 aromatic rings. The van der Waals surface area contributed by atoms with Crippen LogP contribution in [-0.2, 0) is 11.3 Å². The standard InChI is InChI=1S/C30H33FN4O3/c1-38-27-11-10-19(16-20(27)18-34-12-14-35(15-13-34)26-9-5-3-7-23(26)31)28-29-22(17-25(33-28)30(36)37)21-6-2-4-8-24(21)32-29/h2-11,16,22,25,28-29,32-33H,12-15,17-18H2,1H3,(H,36,37). The highest BCUT2D eigenvalue weighted by molar-refractivity contribution is 5.75. The highest BCUT2D eigenvalue weighted by Crippen LogP contribution is 2.46. The van der Waals surface area contributed by atoms with E-state index >= 15 is 0 Å². The fourth-order valence-electron chi connectivity index (χ4n) is 6.34. The number of carboxylic acids is 1. The first-order valence-corrected chi connectivity index (χ1v) is 13.2. The fraction of sp³-hybridized carbons (Fsp3) is 0.367. The zero-order chi connectivity index (χ0) is 26.2. The number of hydrogen-bond acceptors (Lipinski definition) is 6. The minimum atomic E-state index is -0.820. The lowest BCUT2D eigenvalue weighted by molar-refractivity contribution is -0.140. The van der Waals surface area contributed by atoms with Crippen LogP contribution in [0.4, 0.5) is 15.8 Å². The van der Waals surface area contributed by atoms with E-state index in [1.54, 1.807) is 13.2 Å². The topological polar surface area (TPSA) is 77.1 Å². The number of ether oxygens (including phenoxy) is 1. The van der Waals surface area contributed by atoms with E-state index in [0.717, 1.165) is 48.7 Å². The normalized spacial score (nSPS) is 24.8. The number of piperidine rings is 1. The van der Waals surface area contributed by atoms with Crippen LogP contribution in [0, 0.1) is 5.82 Å². The van der Waals surface area contributed by atoms with Gasteiger partial charge in [0.2, 0.25) is 0 Å². The summed E-state index contributed by atoms with van der Waals surface area (Å²) in [5, 5.41) is 17.0. The Morgan fingerprint density at radius 1 is 1.05 bits per heavy atom. The maximum atomic E-state index is 14.3. The molecule has 0 amide bonds. The number of benzene rings is 3. The molecule has 0 radical (unpaired) electrons. The van der Waals surface area contributed by atoms with Crippen LogP contribution in [0.15, 0.2) is 66.7 Å². The fourth-order valence-corrected chi connectivity index (χ4v) is 6.34. The molecule has 0 bridgehead atoms. The van der Waals surface area contributed by atoms with Gasteiger partial charge in [0.25, 0.3) is 0 Å². The van der Waals surface area contributed by atoms with E-state index in [0.29, 0.717) is 18.7 Å². The summed E-state index contributed by atoms with van der Waals surface area (Å²) in [5.41, 5.74) is 5.05. The first-order valence-electron chi connectivity index (χ1n) is 13.2. The van der Waals surface area contributed by atoms with Crippen molar-refractivity contribution < 1.29 is 19.0 Å². The van der Waals surface area contributed by atoms with Crippen molar-refractivity contribution in [1.82, 2.24) is 10.2 Å². The lowest BCUT2D eigenvalue weighted by atomic mass is 9.79. The molecule has 0 spiro atoms. The summed E-state index contributed by atoms with van der Waals surface area (Å²) in [5.74, 6) is -0.0686. The Balaban J connectivity index is 1.22. The zero-order valence-corrected chi connectivity index (χ0v) is 21.4. The van der Waals surface area contributed by atoms with Gasteiger partial charge in [-0.25, -0.2) is 4.39 Å². The molecule has 0 saturated carbocycles. The number of piperazine rings is 1. The maximum absolute atomic E-state index is 14.3. The van der Waals surface area contributed by atoms with Gasteiger partial charge in [0.1, 0.15) is 17.6 Å². The van der Waals surface area contributed by atoms with Crippen LogP contribution < -0.4 is 20.3 Å². The minimum absolute atomic E-state index is 0.0635. The van der Waals surface area contributed by atoms with Crippen LogP contribution in [0.1, 0.15) is 35.1 Å². The SMILES string of the molecule is COc1ccc(C2NC(C(=O)O)CC3c4ccccc4NC32)cc1CN1CCN(c2ccccc2F)CC1. The second-order valence-corrected chi connectivity index (χ2v) is 10.4. The van der Waals surface area contributed by atoms with Gasteiger partial charge in [-0.15, -0.1) is 0 Å². The summed E-state index contributed by atoms with van der Waals surface area (Å²) in [7, 11) is 1.68. The van der Waals surface area contributed by atoms with E-state index in [1.165, 1.54) is 11.6 Å². The number of para-hydroxylation sites is 2. The van der Waals surface area contributed by atoms with Crippen LogP contribution in [0.2, 0.25) is 0 Å². The molecular formula is C30H33FN4O3. The molecule has 3 aliphatic heterocycles. The molecule has 3 aliphatic rings. The Bertz CT molecular complexity index is 1330. The van der Waals surface area contributed by atoms with Crippen LogP contribution >= 0.6 is 0 Å². The van der Waals surface area contributed by atoms with E-state index in [1.807, 2.05) is 36.4 Å². The smallest absolute Gasteiger partial charge is 0.320 e. The third-order valence-corrected chi connectivity index (χ3v) is 8.27. The average Bonchev–Trinajstić information content (AvgIpc) is 3.32. The molecule has 7 nitrogen and oxygen atoms in total. The Morgan fingerprint density at radius 2 is 1.82 bits per heavy atom. The molecule has 6 rings (SSSR count). The number of nitrogens with one attached hydrogen (secondary N) is 2. The molecule has 8 heteroatoms.